The Morgan fingerprint density at radius 1 is 1.30 bits per heavy atom. The fourth-order valence-electron chi connectivity index (χ4n) is 3.25. The normalized spacial score (nSPS) is 37.5. The number of allylic oxidation sites excluding steroid dienone is 3. The van der Waals surface area contributed by atoms with Crippen LogP contribution in [0.15, 0.2) is 35.1 Å². The molecule has 1 saturated heterocycles. The first kappa shape index (κ1) is 13.9. The average molecular weight is 277 g/mol. The number of methoxy groups -OCH3 is 1. The molecule has 20 heavy (non-hydrogen) atoms. The lowest BCUT2D eigenvalue weighted by molar-refractivity contribution is -0.208. The van der Waals surface area contributed by atoms with Crippen LogP contribution < -0.4 is 5.73 Å². The van der Waals surface area contributed by atoms with Crippen LogP contribution in [0.1, 0.15) is 26.2 Å². The standard InChI is InChI=1S/C16H23NO3/c1-10-5-11(3-4-14(6-10)18-2)16-19-9-12-7-13(17)8-15(12)20-16/h3-5,12-13,15-16H,6-9,17H2,1-2H3/t12-,13+,15-,16?/m0/s1. The van der Waals surface area contributed by atoms with E-state index in [0.717, 1.165) is 37.2 Å². The van der Waals surface area contributed by atoms with Crippen molar-refractivity contribution in [3.8, 4) is 0 Å². The fourth-order valence-corrected chi connectivity index (χ4v) is 3.25. The highest BCUT2D eigenvalue weighted by Crippen LogP contribution is 2.35. The van der Waals surface area contributed by atoms with Crippen LogP contribution >= 0.6 is 0 Å². The summed E-state index contributed by atoms with van der Waals surface area (Å²) in [6.45, 7) is 2.84. The Labute approximate surface area is 120 Å². The van der Waals surface area contributed by atoms with Crippen molar-refractivity contribution in [2.75, 3.05) is 13.7 Å². The van der Waals surface area contributed by atoms with Gasteiger partial charge in [0, 0.05) is 24.0 Å². The molecule has 1 aliphatic heterocycles. The van der Waals surface area contributed by atoms with Crippen molar-refractivity contribution >= 4 is 0 Å². The zero-order valence-corrected chi connectivity index (χ0v) is 12.2. The summed E-state index contributed by atoms with van der Waals surface area (Å²) in [4.78, 5) is 0. The van der Waals surface area contributed by atoms with Gasteiger partial charge in [-0.3, -0.25) is 0 Å². The molecule has 0 amide bonds. The lowest BCUT2D eigenvalue weighted by Gasteiger charge is -2.33. The molecule has 0 radical (unpaired) electrons. The highest BCUT2D eigenvalue weighted by Gasteiger charge is 2.39. The Hall–Kier alpha value is -1.10. The molecule has 4 nitrogen and oxygen atoms in total. The second-order valence-corrected chi connectivity index (χ2v) is 6.00. The van der Waals surface area contributed by atoms with Gasteiger partial charge in [0.15, 0.2) is 6.29 Å². The van der Waals surface area contributed by atoms with Crippen molar-refractivity contribution < 1.29 is 14.2 Å². The smallest absolute Gasteiger partial charge is 0.184 e. The van der Waals surface area contributed by atoms with Gasteiger partial charge in [0.05, 0.1) is 25.6 Å². The lowest BCUT2D eigenvalue weighted by atomic mass is 10.0. The molecule has 3 rings (SSSR count). The predicted molar refractivity (Wildman–Crippen MR) is 76.9 cm³/mol. The molecule has 2 fully saturated rings. The monoisotopic (exact) mass is 277 g/mol. The first-order valence-corrected chi connectivity index (χ1v) is 7.30. The maximum atomic E-state index is 6.11. The van der Waals surface area contributed by atoms with E-state index >= 15 is 0 Å². The molecule has 4 atom stereocenters. The van der Waals surface area contributed by atoms with E-state index in [1.54, 1.807) is 7.11 Å². The molecule has 1 saturated carbocycles. The van der Waals surface area contributed by atoms with Crippen LogP contribution in [0.3, 0.4) is 0 Å². The highest BCUT2D eigenvalue weighted by molar-refractivity contribution is 5.34. The molecule has 3 aliphatic rings. The van der Waals surface area contributed by atoms with Crippen LogP contribution in [-0.2, 0) is 14.2 Å². The summed E-state index contributed by atoms with van der Waals surface area (Å²) in [5, 5.41) is 0. The number of hydrogen-bond donors (Lipinski definition) is 1. The Bertz CT molecular complexity index is 466. The van der Waals surface area contributed by atoms with Gasteiger partial charge in [0.2, 0.25) is 0 Å². The SMILES string of the molecule is COC1=CC=C(C2OC[C@@H]3C[C@@H](N)C[C@@H]3O2)C=C(C)C1. The first-order chi connectivity index (χ1) is 9.65. The summed E-state index contributed by atoms with van der Waals surface area (Å²) in [5.41, 5.74) is 8.33. The van der Waals surface area contributed by atoms with Crippen molar-refractivity contribution in [2.24, 2.45) is 11.7 Å². The molecule has 1 heterocycles. The van der Waals surface area contributed by atoms with Crippen LogP contribution in [0.4, 0.5) is 0 Å². The minimum absolute atomic E-state index is 0.243. The van der Waals surface area contributed by atoms with E-state index in [1.165, 1.54) is 5.57 Å². The number of fused-ring (bicyclic) bond motifs is 1. The molecule has 0 aromatic rings. The van der Waals surface area contributed by atoms with E-state index in [-0.39, 0.29) is 18.4 Å². The van der Waals surface area contributed by atoms with Gasteiger partial charge in [0.25, 0.3) is 0 Å². The molecule has 0 aromatic heterocycles. The van der Waals surface area contributed by atoms with Crippen molar-refractivity contribution in [3.63, 3.8) is 0 Å². The molecule has 110 valence electrons. The van der Waals surface area contributed by atoms with Gasteiger partial charge in [-0.25, -0.2) is 0 Å². The number of ether oxygens (including phenoxy) is 3. The maximum absolute atomic E-state index is 6.11. The Balaban J connectivity index is 1.74. The second-order valence-electron chi connectivity index (χ2n) is 6.00. The molecule has 0 bridgehead atoms. The van der Waals surface area contributed by atoms with E-state index in [9.17, 15) is 0 Å². The van der Waals surface area contributed by atoms with Gasteiger partial charge in [-0.05, 0) is 25.8 Å². The zero-order chi connectivity index (χ0) is 14.1. The summed E-state index contributed by atoms with van der Waals surface area (Å²) in [6, 6.07) is 0.257. The van der Waals surface area contributed by atoms with Crippen molar-refractivity contribution in [2.45, 2.75) is 44.6 Å². The van der Waals surface area contributed by atoms with Crippen LogP contribution in [0.2, 0.25) is 0 Å². The summed E-state index contributed by atoms with van der Waals surface area (Å²) in [6.07, 6.45) is 8.94. The van der Waals surface area contributed by atoms with Gasteiger partial charge in [0.1, 0.15) is 0 Å². The van der Waals surface area contributed by atoms with Crippen molar-refractivity contribution in [1.29, 1.82) is 0 Å². The van der Waals surface area contributed by atoms with Crippen LogP contribution in [-0.4, -0.2) is 32.2 Å². The third kappa shape index (κ3) is 2.82. The molecule has 4 heteroatoms. The van der Waals surface area contributed by atoms with Gasteiger partial charge in [-0.2, -0.15) is 0 Å². The van der Waals surface area contributed by atoms with Crippen LogP contribution in [0.5, 0.6) is 0 Å². The van der Waals surface area contributed by atoms with Gasteiger partial charge < -0.3 is 19.9 Å². The summed E-state index contributed by atoms with van der Waals surface area (Å²) in [5.74, 6) is 1.42. The van der Waals surface area contributed by atoms with E-state index in [2.05, 4.69) is 13.0 Å². The maximum Gasteiger partial charge on any atom is 0.184 e. The minimum Gasteiger partial charge on any atom is -0.501 e. The van der Waals surface area contributed by atoms with E-state index in [4.69, 9.17) is 19.9 Å². The van der Waals surface area contributed by atoms with E-state index < -0.39 is 0 Å². The number of hydrogen-bond acceptors (Lipinski definition) is 4. The predicted octanol–water partition coefficient (Wildman–Crippen LogP) is 2.27. The molecular weight excluding hydrogens is 254 g/mol. The van der Waals surface area contributed by atoms with E-state index in [0.29, 0.717) is 5.92 Å². The van der Waals surface area contributed by atoms with Gasteiger partial charge >= 0.3 is 0 Å². The average Bonchev–Trinajstić information content (AvgIpc) is 2.69. The fraction of sp³-hybridized carbons (Fsp3) is 0.625. The molecular formula is C16H23NO3. The third-order valence-electron chi connectivity index (χ3n) is 4.29. The molecule has 2 aliphatic carbocycles. The van der Waals surface area contributed by atoms with Gasteiger partial charge in [-0.15, -0.1) is 0 Å². The highest BCUT2D eigenvalue weighted by atomic mass is 16.7. The largest absolute Gasteiger partial charge is 0.501 e. The van der Waals surface area contributed by atoms with Crippen molar-refractivity contribution in [3.05, 3.63) is 35.1 Å². The zero-order valence-electron chi connectivity index (χ0n) is 12.2. The minimum atomic E-state index is -0.274. The second kappa shape index (κ2) is 5.72. The molecule has 0 spiro atoms. The summed E-state index contributed by atoms with van der Waals surface area (Å²) < 4.78 is 17.3. The first-order valence-electron chi connectivity index (χ1n) is 7.30. The third-order valence-corrected chi connectivity index (χ3v) is 4.29. The van der Waals surface area contributed by atoms with Crippen LogP contribution in [0, 0.1) is 5.92 Å². The van der Waals surface area contributed by atoms with Crippen LogP contribution in [0.25, 0.3) is 0 Å². The quantitative estimate of drug-likeness (QED) is 0.841. The summed E-state index contributed by atoms with van der Waals surface area (Å²) >= 11 is 0. The Morgan fingerprint density at radius 3 is 2.95 bits per heavy atom. The Morgan fingerprint density at radius 2 is 2.15 bits per heavy atom. The molecule has 1 unspecified atom stereocenters. The Kier molecular flexibility index (Phi) is 3.96. The molecule has 2 N–H and O–H groups in total. The van der Waals surface area contributed by atoms with Crippen molar-refractivity contribution in [1.82, 2.24) is 0 Å². The van der Waals surface area contributed by atoms with Gasteiger partial charge in [-0.1, -0.05) is 17.7 Å². The summed E-state index contributed by atoms with van der Waals surface area (Å²) in [7, 11) is 1.70. The lowest BCUT2D eigenvalue weighted by Crippen LogP contribution is -2.37. The molecule has 0 aromatic carbocycles. The topological polar surface area (TPSA) is 53.7 Å². The number of rotatable bonds is 2. The van der Waals surface area contributed by atoms with E-state index in [1.807, 2.05) is 12.2 Å². The number of nitrogens with two attached hydrogens (primary N) is 1.